The zero-order valence-electron chi connectivity index (χ0n) is 36.7. The number of hydrogen-bond donors (Lipinski definition) is 0. The molecule has 0 atom stereocenters. The molecular formula is C64H38N4. The highest BCUT2D eigenvalue weighted by molar-refractivity contribution is 6.16. The number of fused-ring (bicyclic) bond motifs is 6. The van der Waals surface area contributed by atoms with Crippen molar-refractivity contribution >= 4 is 32.3 Å². The maximum Gasteiger partial charge on any atom is 0.164 e. The Morgan fingerprint density at radius 3 is 1.53 bits per heavy atom. The van der Waals surface area contributed by atoms with Gasteiger partial charge in [0.05, 0.1) is 11.6 Å². The van der Waals surface area contributed by atoms with E-state index in [0.717, 1.165) is 61.2 Å². The minimum absolute atomic E-state index is 0.549. The summed E-state index contributed by atoms with van der Waals surface area (Å²) in [6.07, 6.45) is 0. The monoisotopic (exact) mass is 862 g/mol. The molecule has 4 heteroatoms. The molecule has 0 aliphatic heterocycles. The molecule has 0 bridgehead atoms. The molecule has 4 nitrogen and oxygen atoms in total. The number of rotatable bonds is 7. The van der Waals surface area contributed by atoms with Gasteiger partial charge in [-0.1, -0.05) is 206 Å². The Labute approximate surface area is 393 Å². The summed E-state index contributed by atoms with van der Waals surface area (Å²) in [7, 11) is 0. The van der Waals surface area contributed by atoms with Crippen molar-refractivity contribution in [3.8, 4) is 107 Å². The summed E-state index contributed by atoms with van der Waals surface area (Å²) in [5.41, 5.74) is 16.6. The summed E-state index contributed by atoms with van der Waals surface area (Å²) in [6.45, 7) is 0. The van der Waals surface area contributed by atoms with Gasteiger partial charge >= 0.3 is 0 Å². The molecule has 0 spiro atoms. The summed E-state index contributed by atoms with van der Waals surface area (Å²) in [5, 5.41) is 18.0. The quantitative estimate of drug-likeness (QED) is 0.150. The number of nitriles is 1. The fourth-order valence-corrected chi connectivity index (χ4v) is 10.3. The minimum atomic E-state index is 0.549. The van der Waals surface area contributed by atoms with Crippen LogP contribution in [0.4, 0.5) is 0 Å². The Kier molecular flexibility index (Phi) is 9.20. The van der Waals surface area contributed by atoms with Gasteiger partial charge in [-0.3, -0.25) is 0 Å². The van der Waals surface area contributed by atoms with Crippen LogP contribution in [0.25, 0.3) is 133 Å². The van der Waals surface area contributed by atoms with Gasteiger partial charge in [0, 0.05) is 16.7 Å². The van der Waals surface area contributed by atoms with Crippen LogP contribution in [0.2, 0.25) is 0 Å². The standard InChI is InChI=1S/C64H38N4/c65-39-40-35-47(50-19-6-8-21-52(50)54-24-12-23-53-49-18-5-4-13-42(49)31-33-55(53)54)37-48(36-40)51-20-7-9-22-59(51)64-67-62(44-14-2-1-3-15-44)66-63(68-64)45-29-27-41(28-30-45)46-32-34-56-57-25-10-16-43-17-11-26-58(61(43)57)60(56)38-46/h1-38H. The first-order valence-electron chi connectivity index (χ1n) is 22.9. The van der Waals surface area contributed by atoms with E-state index in [1.54, 1.807) is 0 Å². The van der Waals surface area contributed by atoms with Crippen molar-refractivity contribution in [1.29, 1.82) is 5.26 Å². The molecule has 0 N–H and O–H groups in total. The van der Waals surface area contributed by atoms with Crippen molar-refractivity contribution in [1.82, 2.24) is 15.0 Å². The lowest BCUT2D eigenvalue weighted by Gasteiger charge is -2.16. The van der Waals surface area contributed by atoms with E-state index in [9.17, 15) is 5.26 Å². The second-order valence-corrected chi connectivity index (χ2v) is 17.4. The van der Waals surface area contributed by atoms with Crippen molar-refractivity contribution in [3.05, 3.63) is 236 Å². The first-order valence-corrected chi connectivity index (χ1v) is 22.9. The Morgan fingerprint density at radius 2 is 0.779 bits per heavy atom. The third-order valence-corrected chi connectivity index (χ3v) is 13.5. The Bertz CT molecular complexity index is 4030. The molecule has 0 amide bonds. The lowest BCUT2D eigenvalue weighted by atomic mass is 9.88. The Balaban J connectivity index is 0.904. The van der Waals surface area contributed by atoms with E-state index in [-0.39, 0.29) is 0 Å². The summed E-state index contributed by atoms with van der Waals surface area (Å²) >= 11 is 0. The number of nitrogens with zero attached hydrogens (tertiary/aromatic N) is 4. The van der Waals surface area contributed by atoms with E-state index in [0.29, 0.717) is 23.0 Å². The molecule has 1 aliphatic carbocycles. The van der Waals surface area contributed by atoms with E-state index in [2.05, 4.69) is 182 Å². The normalized spacial score (nSPS) is 11.5. The smallest absolute Gasteiger partial charge is 0.164 e. The zero-order valence-corrected chi connectivity index (χ0v) is 36.7. The van der Waals surface area contributed by atoms with E-state index in [4.69, 9.17) is 15.0 Å². The van der Waals surface area contributed by atoms with Gasteiger partial charge in [0.1, 0.15) is 0 Å². The van der Waals surface area contributed by atoms with Crippen LogP contribution in [0.1, 0.15) is 5.56 Å². The third-order valence-electron chi connectivity index (χ3n) is 13.5. The van der Waals surface area contributed by atoms with E-state index < -0.39 is 0 Å². The SMILES string of the molecule is N#Cc1cc(-c2ccccc2-c2nc(-c3ccccc3)nc(-c3ccc(-c4ccc5c(c4)-c4cccc6cccc-5c46)cc3)n2)cc(-c2ccccc2-c2cccc3c2ccc2ccccc23)c1. The van der Waals surface area contributed by atoms with Crippen molar-refractivity contribution in [2.75, 3.05) is 0 Å². The average Bonchev–Trinajstić information content (AvgIpc) is 3.74. The first kappa shape index (κ1) is 39.1. The van der Waals surface area contributed by atoms with Crippen LogP contribution in [-0.4, -0.2) is 15.0 Å². The summed E-state index contributed by atoms with van der Waals surface area (Å²) in [5.74, 6) is 1.71. The first-order chi connectivity index (χ1) is 33.6. The molecule has 68 heavy (non-hydrogen) atoms. The molecule has 13 rings (SSSR count). The molecule has 0 unspecified atom stereocenters. The molecule has 0 radical (unpaired) electrons. The largest absolute Gasteiger partial charge is 0.208 e. The highest BCUT2D eigenvalue weighted by atomic mass is 15.0. The molecule has 12 aromatic rings. The molecule has 1 aliphatic rings. The lowest BCUT2D eigenvalue weighted by Crippen LogP contribution is -2.01. The maximum absolute atomic E-state index is 10.5. The Morgan fingerprint density at radius 1 is 0.265 bits per heavy atom. The number of aromatic nitrogens is 3. The maximum atomic E-state index is 10.5. The van der Waals surface area contributed by atoms with Crippen LogP contribution in [-0.2, 0) is 0 Å². The van der Waals surface area contributed by atoms with Gasteiger partial charge in [0.15, 0.2) is 17.5 Å². The van der Waals surface area contributed by atoms with Crippen LogP contribution in [0.15, 0.2) is 231 Å². The Hall–Kier alpha value is -9.30. The summed E-state index contributed by atoms with van der Waals surface area (Å²) < 4.78 is 0. The van der Waals surface area contributed by atoms with Gasteiger partial charge in [-0.15, -0.1) is 0 Å². The van der Waals surface area contributed by atoms with Crippen LogP contribution < -0.4 is 0 Å². The third kappa shape index (κ3) is 6.56. The molecule has 314 valence electrons. The molecular weight excluding hydrogens is 825 g/mol. The molecule has 0 fully saturated rings. The fourth-order valence-electron chi connectivity index (χ4n) is 10.3. The summed E-state index contributed by atoms with van der Waals surface area (Å²) in [4.78, 5) is 15.5. The minimum Gasteiger partial charge on any atom is -0.208 e. The molecule has 1 heterocycles. The summed E-state index contributed by atoms with van der Waals surface area (Å²) in [6, 6.07) is 83.4. The zero-order chi connectivity index (χ0) is 45.1. The lowest BCUT2D eigenvalue weighted by molar-refractivity contribution is 1.07. The van der Waals surface area contributed by atoms with E-state index >= 15 is 0 Å². The van der Waals surface area contributed by atoms with Gasteiger partial charge in [0.2, 0.25) is 0 Å². The topological polar surface area (TPSA) is 62.5 Å². The van der Waals surface area contributed by atoms with Crippen LogP contribution in [0, 0.1) is 11.3 Å². The van der Waals surface area contributed by atoms with Crippen LogP contribution >= 0.6 is 0 Å². The van der Waals surface area contributed by atoms with Crippen LogP contribution in [0.5, 0.6) is 0 Å². The van der Waals surface area contributed by atoms with Gasteiger partial charge in [-0.05, 0) is 123 Å². The van der Waals surface area contributed by atoms with Crippen molar-refractivity contribution < 1.29 is 0 Å². The number of hydrogen-bond acceptors (Lipinski definition) is 4. The van der Waals surface area contributed by atoms with Crippen molar-refractivity contribution in [2.45, 2.75) is 0 Å². The predicted molar refractivity (Wildman–Crippen MR) is 280 cm³/mol. The second-order valence-electron chi connectivity index (χ2n) is 17.4. The average molecular weight is 863 g/mol. The van der Waals surface area contributed by atoms with Gasteiger partial charge in [-0.25, -0.2) is 15.0 Å². The fraction of sp³-hybridized carbons (Fsp3) is 0. The van der Waals surface area contributed by atoms with Crippen molar-refractivity contribution in [2.24, 2.45) is 0 Å². The van der Waals surface area contributed by atoms with Gasteiger partial charge in [0.25, 0.3) is 0 Å². The molecule has 11 aromatic carbocycles. The second kappa shape index (κ2) is 16.0. The van der Waals surface area contributed by atoms with Gasteiger partial charge in [-0.2, -0.15) is 5.26 Å². The molecule has 0 saturated heterocycles. The highest BCUT2D eigenvalue weighted by Crippen LogP contribution is 2.48. The molecule has 1 aromatic heterocycles. The highest BCUT2D eigenvalue weighted by Gasteiger charge is 2.22. The van der Waals surface area contributed by atoms with Crippen molar-refractivity contribution in [3.63, 3.8) is 0 Å². The predicted octanol–water partition coefficient (Wildman–Crippen LogP) is 16.5. The molecule has 0 saturated carbocycles. The van der Waals surface area contributed by atoms with Crippen LogP contribution in [0.3, 0.4) is 0 Å². The van der Waals surface area contributed by atoms with E-state index in [1.165, 1.54) is 54.6 Å². The van der Waals surface area contributed by atoms with E-state index in [1.807, 2.05) is 54.6 Å². The van der Waals surface area contributed by atoms with Gasteiger partial charge < -0.3 is 0 Å². The number of benzene rings is 11.